The van der Waals surface area contributed by atoms with Gasteiger partial charge in [0.2, 0.25) is 0 Å². The van der Waals surface area contributed by atoms with Crippen LogP contribution in [0.3, 0.4) is 0 Å². The van der Waals surface area contributed by atoms with Gasteiger partial charge in [-0.15, -0.1) is 0 Å². The van der Waals surface area contributed by atoms with Crippen LogP contribution in [0.5, 0.6) is 0 Å². The Labute approximate surface area is 444 Å². The minimum Gasteiger partial charge on any atom is -0.396 e. The van der Waals surface area contributed by atoms with E-state index >= 15 is 0 Å². The molecule has 76 heavy (non-hydrogen) atoms. The molecule has 22 nitrogen and oxygen atoms in total. The third kappa shape index (κ3) is 9.34. The molecule has 9 rings (SSSR count). The van der Waals surface area contributed by atoms with E-state index in [1.54, 1.807) is 0 Å². The molecule has 0 aromatic carbocycles. The third-order valence-electron chi connectivity index (χ3n) is 21.0. The summed E-state index contributed by atoms with van der Waals surface area (Å²) in [6, 6.07) is 0. The summed E-state index contributed by atoms with van der Waals surface area (Å²) in [4.78, 5) is 0. The lowest BCUT2D eigenvalue weighted by Gasteiger charge is -2.70. The highest BCUT2D eigenvalue weighted by atomic mass is 16.8. The smallest absolute Gasteiger partial charge is 0.187 e. The second-order valence-corrected chi connectivity index (χ2v) is 25.9. The fraction of sp³-hybridized carbons (Fsp3) is 0.926. The van der Waals surface area contributed by atoms with Gasteiger partial charge in [0.15, 0.2) is 25.2 Å². The van der Waals surface area contributed by atoms with Crippen molar-refractivity contribution in [1.29, 1.82) is 0 Å². The first kappa shape index (κ1) is 59.2. The van der Waals surface area contributed by atoms with Gasteiger partial charge in [0.1, 0.15) is 85.5 Å². The fourth-order valence-electron chi connectivity index (χ4n) is 15.9. The van der Waals surface area contributed by atoms with E-state index in [4.69, 9.17) is 37.9 Å². The molecule has 29 atom stereocenters. The van der Waals surface area contributed by atoms with Crippen molar-refractivity contribution in [2.75, 3.05) is 26.4 Å². The Morgan fingerprint density at radius 1 is 0.539 bits per heavy atom. The molecule has 3 saturated carbocycles. The predicted molar refractivity (Wildman–Crippen MR) is 263 cm³/mol. The Kier molecular flexibility index (Phi) is 16.7. The first-order valence-corrected chi connectivity index (χ1v) is 27.5. The van der Waals surface area contributed by atoms with E-state index in [9.17, 15) is 71.5 Å². The zero-order valence-corrected chi connectivity index (χ0v) is 45.0. The second-order valence-electron chi connectivity index (χ2n) is 25.9. The van der Waals surface area contributed by atoms with Crippen molar-refractivity contribution in [2.45, 2.75) is 242 Å². The lowest BCUT2D eigenvalue weighted by molar-refractivity contribution is -0.402. The van der Waals surface area contributed by atoms with Gasteiger partial charge in [0.25, 0.3) is 0 Å². The lowest BCUT2D eigenvalue weighted by atomic mass is 9.35. The molecule has 22 heteroatoms. The topological polar surface area (TPSA) is 357 Å². The SMILES string of the molecule is C[C@@H]1O[C@@H](O[C@@H]2CC[C@@]3(C)[C@H](CC[C@]4(C)[C@H]3C=CC3=C5CC(C)(C)CC[C@]5(CO)[C@@H](O)C[C@]34C)[C@]2(C)CO)[C@H](O[C@H]2O[C@H](CO)[C@@H](O)[C@H](O)[C@H]2O)[C@@H](O[C@@H]2O[C@H](CO)[C@@H](O[C@H]3O[C@H](C)[C@@H](O)[C@H](O)[C@@H]3O)[C@H](O)[C@H]2O)[C@H]1O. The molecule has 0 amide bonds. The minimum atomic E-state index is -2.02. The Balaban J connectivity index is 1.01. The standard InChI is InChI=1S/C54H88O22/c1-23-33(60)36(63)39(66)45(69-23)74-42-28(20-56)72-47(41(68)38(42)65)75-43-34(61)24(2)70-48(44(43)76-46-40(67)37(64)35(62)27(19-55)71-46)73-32-12-13-50(5)29(51(32,6)21-57)11-14-52(7)30(50)10-9-25-26-17-49(3,4)15-16-54(26,22-58)31(59)18-53(25,52)8/h9-10,23-24,27-48,55-68H,11-22H2,1-8H3/t23-,24+,27-,28-,29+,30+,31+,32-,33-,34+,35-,36+,37+,38-,39+,40-,41-,42-,43+,44-,45-,46-,47+,48+,50+,51+,52-,53-,54-/m1/s1. The maximum Gasteiger partial charge on any atom is 0.187 e. The van der Waals surface area contributed by atoms with Crippen LogP contribution in [0.1, 0.15) is 107 Å². The molecule has 0 aromatic rings. The van der Waals surface area contributed by atoms with Crippen LogP contribution in [0, 0.1) is 44.3 Å². The van der Waals surface area contributed by atoms with Gasteiger partial charge >= 0.3 is 0 Å². The van der Waals surface area contributed by atoms with E-state index in [0.29, 0.717) is 32.1 Å². The van der Waals surface area contributed by atoms with E-state index in [1.165, 1.54) is 25.0 Å². The van der Waals surface area contributed by atoms with Crippen LogP contribution in [-0.2, 0) is 37.9 Å². The molecule has 4 heterocycles. The van der Waals surface area contributed by atoms with Gasteiger partial charge in [0, 0.05) is 16.2 Å². The molecule has 0 radical (unpaired) electrons. The Morgan fingerprint density at radius 3 is 1.74 bits per heavy atom. The number of rotatable bonds is 12. The van der Waals surface area contributed by atoms with Gasteiger partial charge in [-0.05, 0) is 98.9 Å². The molecule has 7 fully saturated rings. The zero-order chi connectivity index (χ0) is 55.6. The summed E-state index contributed by atoms with van der Waals surface area (Å²) in [6.45, 7) is 14.2. The van der Waals surface area contributed by atoms with E-state index in [1.807, 2.05) is 6.92 Å². The number of aliphatic hydroxyl groups excluding tert-OH is 14. The summed E-state index contributed by atoms with van der Waals surface area (Å²) in [6.07, 6.45) is -24.7. The van der Waals surface area contributed by atoms with Crippen molar-refractivity contribution in [3.8, 4) is 0 Å². The van der Waals surface area contributed by atoms with Gasteiger partial charge < -0.3 is 109 Å². The second kappa shape index (κ2) is 21.4. The first-order chi connectivity index (χ1) is 35.6. The molecule has 14 N–H and O–H groups in total. The van der Waals surface area contributed by atoms with E-state index in [2.05, 4.69) is 46.8 Å². The molecule has 0 aromatic heterocycles. The van der Waals surface area contributed by atoms with Crippen molar-refractivity contribution >= 4 is 0 Å². The molecular weight excluding hydrogens is 1000 g/mol. The molecule has 0 spiro atoms. The fourth-order valence-corrected chi connectivity index (χ4v) is 15.9. The lowest BCUT2D eigenvalue weighted by Crippen LogP contribution is -2.68. The van der Waals surface area contributed by atoms with Gasteiger partial charge in [-0.3, -0.25) is 0 Å². The summed E-state index contributed by atoms with van der Waals surface area (Å²) in [5.41, 5.74) is -0.424. The van der Waals surface area contributed by atoms with Gasteiger partial charge in [-0.25, -0.2) is 0 Å². The summed E-state index contributed by atoms with van der Waals surface area (Å²) in [5.74, 6) is -0.152. The molecule has 436 valence electrons. The predicted octanol–water partition coefficient (Wildman–Crippen LogP) is -1.64. The van der Waals surface area contributed by atoms with Crippen molar-refractivity contribution in [1.82, 2.24) is 0 Å². The van der Waals surface area contributed by atoms with Crippen molar-refractivity contribution < 1.29 is 109 Å². The van der Waals surface area contributed by atoms with E-state index in [0.717, 1.165) is 19.3 Å². The highest BCUT2D eigenvalue weighted by Gasteiger charge is 2.69. The summed E-state index contributed by atoms with van der Waals surface area (Å²) < 4.78 is 49.2. The normalized spacial score (nSPS) is 55.3. The average molecular weight is 1090 g/mol. The van der Waals surface area contributed by atoms with Gasteiger partial charge in [-0.2, -0.15) is 0 Å². The molecular formula is C54H88O22. The molecule has 0 bridgehead atoms. The molecule has 4 saturated heterocycles. The van der Waals surface area contributed by atoms with E-state index < -0.39 is 170 Å². The summed E-state index contributed by atoms with van der Waals surface area (Å²) in [7, 11) is 0. The van der Waals surface area contributed by atoms with Crippen LogP contribution in [0.25, 0.3) is 0 Å². The van der Waals surface area contributed by atoms with Crippen LogP contribution in [0.2, 0.25) is 0 Å². The third-order valence-corrected chi connectivity index (χ3v) is 21.0. The highest BCUT2D eigenvalue weighted by Crippen LogP contribution is 2.74. The van der Waals surface area contributed by atoms with Crippen LogP contribution in [0.4, 0.5) is 0 Å². The first-order valence-electron chi connectivity index (χ1n) is 27.5. The zero-order valence-electron chi connectivity index (χ0n) is 45.0. The number of ether oxygens (including phenoxy) is 8. The Hall–Kier alpha value is -1.40. The van der Waals surface area contributed by atoms with Crippen molar-refractivity contribution in [2.24, 2.45) is 44.3 Å². The minimum absolute atomic E-state index is 0.000158. The van der Waals surface area contributed by atoms with Crippen LogP contribution < -0.4 is 0 Å². The quantitative estimate of drug-likeness (QED) is 0.0975. The highest BCUT2D eigenvalue weighted by molar-refractivity contribution is 5.47. The number of hydrogen-bond donors (Lipinski definition) is 14. The average Bonchev–Trinajstić information content (AvgIpc) is 3.58. The largest absolute Gasteiger partial charge is 0.396 e. The van der Waals surface area contributed by atoms with Crippen LogP contribution in [0.15, 0.2) is 23.3 Å². The summed E-state index contributed by atoms with van der Waals surface area (Å²) in [5, 5.41) is 155. The van der Waals surface area contributed by atoms with Crippen molar-refractivity contribution in [3.05, 3.63) is 23.3 Å². The molecule has 9 aliphatic rings. The van der Waals surface area contributed by atoms with Crippen LogP contribution >= 0.6 is 0 Å². The maximum absolute atomic E-state index is 12.2. The number of aliphatic hydroxyl groups is 14. The number of hydrogen-bond acceptors (Lipinski definition) is 22. The summed E-state index contributed by atoms with van der Waals surface area (Å²) >= 11 is 0. The molecule has 5 aliphatic carbocycles. The Morgan fingerprint density at radius 2 is 1.11 bits per heavy atom. The van der Waals surface area contributed by atoms with Crippen LogP contribution in [-0.4, -0.2) is 233 Å². The number of allylic oxidation sites excluding steroid dienone is 3. The Bertz CT molecular complexity index is 2110. The van der Waals surface area contributed by atoms with E-state index in [-0.39, 0.29) is 35.9 Å². The molecule has 0 unspecified atom stereocenters. The monoisotopic (exact) mass is 1090 g/mol. The maximum atomic E-state index is 12.2. The molecule has 4 aliphatic heterocycles. The van der Waals surface area contributed by atoms with Crippen molar-refractivity contribution in [3.63, 3.8) is 0 Å². The van der Waals surface area contributed by atoms with Gasteiger partial charge in [-0.1, -0.05) is 59.3 Å². The van der Waals surface area contributed by atoms with Gasteiger partial charge in [0.05, 0.1) is 50.8 Å². The number of fused-ring (bicyclic) bond motifs is 6.